The van der Waals surface area contributed by atoms with Gasteiger partial charge in [0, 0.05) is 26.1 Å². The van der Waals surface area contributed by atoms with E-state index in [2.05, 4.69) is 4.90 Å². The van der Waals surface area contributed by atoms with Crippen molar-refractivity contribution in [3.05, 3.63) is 29.8 Å². The normalized spacial score (nSPS) is 19.7. The second kappa shape index (κ2) is 8.65. The van der Waals surface area contributed by atoms with Crippen molar-refractivity contribution in [1.29, 1.82) is 0 Å². The summed E-state index contributed by atoms with van der Waals surface area (Å²) in [6.45, 7) is 4.22. The number of alkyl halides is 2. The molecule has 0 bridgehead atoms. The molecular formula is C19H26F2N2O3S. The molecule has 0 radical (unpaired) electrons. The van der Waals surface area contributed by atoms with Crippen LogP contribution < -0.4 is 0 Å². The first-order valence-electron chi connectivity index (χ1n) is 9.47. The molecule has 150 valence electrons. The Balaban J connectivity index is 1.47. The van der Waals surface area contributed by atoms with Crippen LogP contribution in [0.15, 0.2) is 29.2 Å². The minimum absolute atomic E-state index is 0.279. The molecule has 0 atom stereocenters. The van der Waals surface area contributed by atoms with Gasteiger partial charge in [0.25, 0.3) is 0 Å². The third-order valence-electron chi connectivity index (χ3n) is 5.52. The molecule has 0 aromatic heterocycles. The minimum Gasteiger partial charge on any atom is -0.343 e. The summed E-state index contributed by atoms with van der Waals surface area (Å²) in [6, 6.07) is 5.69. The van der Waals surface area contributed by atoms with Crippen LogP contribution in [0.5, 0.6) is 0 Å². The first kappa shape index (κ1) is 20.2. The topological polar surface area (TPSA) is 57.7 Å². The lowest BCUT2D eigenvalue weighted by molar-refractivity contribution is -0.131. The smallest absolute Gasteiger partial charge is 0.341 e. The summed E-state index contributed by atoms with van der Waals surface area (Å²) in [5.41, 5.74) is 0.898. The van der Waals surface area contributed by atoms with E-state index in [1.807, 2.05) is 4.90 Å². The van der Waals surface area contributed by atoms with Crippen molar-refractivity contribution < 1.29 is 22.0 Å². The van der Waals surface area contributed by atoms with Gasteiger partial charge in [0.15, 0.2) is 0 Å². The average Bonchev–Trinajstić information content (AvgIpc) is 3.18. The van der Waals surface area contributed by atoms with Gasteiger partial charge in [-0.1, -0.05) is 12.1 Å². The number of piperidine rings is 1. The van der Waals surface area contributed by atoms with E-state index in [0.717, 1.165) is 57.4 Å². The van der Waals surface area contributed by atoms with Crippen LogP contribution >= 0.6 is 0 Å². The van der Waals surface area contributed by atoms with Crippen LogP contribution in [0.1, 0.15) is 37.7 Å². The summed E-state index contributed by atoms with van der Waals surface area (Å²) in [7, 11) is -4.54. The summed E-state index contributed by atoms with van der Waals surface area (Å²) < 4.78 is 48.1. The third kappa shape index (κ3) is 5.04. The predicted octanol–water partition coefficient (Wildman–Crippen LogP) is 2.91. The first-order chi connectivity index (χ1) is 12.9. The molecule has 0 unspecified atom stereocenters. The quantitative estimate of drug-likeness (QED) is 0.737. The SMILES string of the molecule is O=C(CC1CCN(Cc2ccc(S(=O)(=O)C(F)F)cc2)CC1)N1CCCC1. The highest BCUT2D eigenvalue weighted by atomic mass is 32.2. The summed E-state index contributed by atoms with van der Waals surface area (Å²) >= 11 is 0. The van der Waals surface area contributed by atoms with Gasteiger partial charge in [0.1, 0.15) is 0 Å². The molecular weight excluding hydrogens is 374 g/mol. The van der Waals surface area contributed by atoms with Gasteiger partial charge < -0.3 is 4.90 Å². The number of benzene rings is 1. The summed E-state index contributed by atoms with van der Waals surface area (Å²) in [6.07, 6.45) is 4.80. The monoisotopic (exact) mass is 400 g/mol. The van der Waals surface area contributed by atoms with Gasteiger partial charge in [-0.15, -0.1) is 0 Å². The Morgan fingerprint density at radius 3 is 2.19 bits per heavy atom. The molecule has 3 rings (SSSR count). The Labute approximate surface area is 159 Å². The molecule has 2 fully saturated rings. The average molecular weight is 400 g/mol. The lowest BCUT2D eigenvalue weighted by atomic mass is 9.92. The maximum atomic E-state index is 12.6. The van der Waals surface area contributed by atoms with E-state index < -0.39 is 15.6 Å². The number of carbonyl (C=O) groups excluding carboxylic acids is 1. The summed E-state index contributed by atoms with van der Waals surface area (Å²) in [4.78, 5) is 16.1. The van der Waals surface area contributed by atoms with Gasteiger partial charge in [-0.25, -0.2) is 8.42 Å². The Morgan fingerprint density at radius 2 is 1.63 bits per heavy atom. The van der Waals surface area contributed by atoms with E-state index >= 15 is 0 Å². The Morgan fingerprint density at radius 1 is 1.04 bits per heavy atom. The molecule has 5 nitrogen and oxygen atoms in total. The third-order valence-corrected chi connectivity index (χ3v) is 6.92. The molecule has 2 heterocycles. The number of carbonyl (C=O) groups is 1. The number of hydrogen-bond acceptors (Lipinski definition) is 4. The molecule has 8 heteroatoms. The molecule has 0 N–H and O–H groups in total. The molecule has 0 spiro atoms. The summed E-state index contributed by atoms with van der Waals surface area (Å²) in [5.74, 6) is -2.69. The lowest BCUT2D eigenvalue weighted by Crippen LogP contribution is -2.36. The second-order valence-corrected chi connectivity index (χ2v) is 9.38. The van der Waals surface area contributed by atoms with Crippen molar-refractivity contribution in [2.45, 2.75) is 49.3 Å². The van der Waals surface area contributed by atoms with Gasteiger partial charge in [-0.3, -0.25) is 9.69 Å². The molecule has 27 heavy (non-hydrogen) atoms. The van der Waals surface area contributed by atoms with Gasteiger partial charge in [-0.05, 0) is 62.4 Å². The van der Waals surface area contributed by atoms with Crippen molar-refractivity contribution in [2.24, 2.45) is 5.92 Å². The highest BCUT2D eigenvalue weighted by molar-refractivity contribution is 7.91. The molecule has 0 aliphatic carbocycles. The Hall–Kier alpha value is -1.54. The number of hydrogen-bond donors (Lipinski definition) is 0. The number of nitrogens with zero attached hydrogens (tertiary/aromatic N) is 2. The van der Waals surface area contributed by atoms with Crippen LogP contribution in [0.4, 0.5) is 8.78 Å². The molecule has 1 aromatic carbocycles. The zero-order chi connectivity index (χ0) is 19.4. The molecule has 2 saturated heterocycles. The van der Waals surface area contributed by atoms with Crippen LogP contribution in [0, 0.1) is 5.92 Å². The second-order valence-electron chi connectivity index (χ2n) is 7.46. The molecule has 1 aromatic rings. The fourth-order valence-electron chi connectivity index (χ4n) is 3.84. The van der Waals surface area contributed by atoms with Gasteiger partial charge in [-0.2, -0.15) is 8.78 Å². The summed E-state index contributed by atoms with van der Waals surface area (Å²) in [5, 5.41) is 0. The van der Waals surface area contributed by atoms with Crippen LogP contribution in [0.25, 0.3) is 0 Å². The molecule has 1 amide bonds. The van der Waals surface area contributed by atoms with E-state index in [-0.39, 0.29) is 10.8 Å². The van der Waals surface area contributed by atoms with E-state index in [1.165, 1.54) is 12.1 Å². The van der Waals surface area contributed by atoms with E-state index in [4.69, 9.17) is 0 Å². The number of sulfone groups is 1. The maximum Gasteiger partial charge on any atom is 0.341 e. The van der Waals surface area contributed by atoms with Gasteiger partial charge in [0.2, 0.25) is 15.7 Å². The van der Waals surface area contributed by atoms with Gasteiger partial charge in [0.05, 0.1) is 4.90 Å². The Kier molecular flexibility index (Phi) is 6.47. The zero-order valence-electron chi connectivity index (χ0n) is 15.3. The lowest BCUT2D eigenvalue weighted by Gasteiger charge is -2.32. The molecule has 2 aliphatic heterocycles. The fourth-order valence-corrected chi connectivity index (χ4v) is 4.56. The van der Waals surface area contributed by atoms with E-state index in [0.29, 0.717) is 18.9 Å². The van der Waals surface area contributed by atoms with E-state index in [1.54, 1.807) is 12.1 Å². The molecule has 2 aliphatic rings. The van der Waals surface area contributed by atoms with Gasteiger partial charge >= 0.3 is 5.76 Å². The zero-order valence-corrected chi connectivity index (χ0v) is 16.1. The number of halogens is 2. The highest BCUT2D eigenvalue weighted by Crippen LogP contribution is 2.24. The standard InChI is InChI=1S/C19H26F2N2O3S/c20-19(21)27(25,26)17-5-3-16(4-6-17)14-22-11-7-15(8-12-22)13-18(24)23-9-1-2-10-23/h3-6,15,19H,1-2,7-14H2. The van der Waals surface area contributed by atoms with Crippen LogP contribution in [0.2, 0.25) is 0 Å². The minimum atomic E-state index is -4.54. The number of rotatable bonds is 6. The van der Waals surface area contributed by atoms with Crippen LogP contribution in [-0.2, 0) is 21.2 Å². The van der Waals surface area contributed by atoms with E-state index in [9.17, 15) is 22.0 Å². The molecule has 0 saturated carbocycles. The number of amides is 1. The van der Waals surface area contributed by atoms with Crippen molar-refractivity contribution in [1.82, 2.24) is 9.80 Å². The predicted molar refractivity (Wildman–Crippen MR) is 98.1 cm³/mol. The van der Waals surface area contributed by atoms with Crippen molar-refractivity contribution in [2.75, 3.05) is 26.2 Å². The van der Waals surface area contributed by atoms with Crippen LogP contribution in [0.3, 0.4) is 0 Å². The van der Waals surface area contributed by atoms with Crippen molar-refractivity contribution in [3.8, 4) is 0 Å². The fraction of sp³-hybridized carbons (Fsp3) is 0.632. The maximum absolute atomic E-state index is 12.6. The number of likely N-dealkylation sites (tertiary alicyclic amines) is 2. The van der Waals surface area contributed by atoms with Crippen molar-refractivity contribution >= 4 is 15.7 Å². The Bertz CT molecular complexity index is 739. The van der Waals surface area contributed by atoms with Crippen LogP contribution in [-0.4, -0.2) is 56.1 Å². The largest absolute Gasteiger partial charge is 0.343 e. The first-order valence-corrected chi connectivity index (χ1v) is 11.0. The highest BCUT2D eigenvalue weighted by Gasteiger charge is 2.27. The van der Waals surface area contributed by atoms with Crippen molar-refractivity contribution in [3.63, 3.8) is 0 Å².